The van der Waals surface area contributed by atoms with Crippen LogP contribution in [0.4, 0.5) is 0 Å². The lowest BCUT2D eigenvalue weighted by molar-refractivity contribution is -0.134. The lowest BCUT2D eigenvalue weighted by Crippen LogP contribution is -2.25. The molecular formula is C16H23N3O3. The van der Waals surface area contributed by atoms with Crippen molar-refractivity contribution < 1.29 is 14.3 Å². The number of hydrogen-bond acceptors (Lipinski definition) is 4. The Morgan fingerprint density at radius 2 is 2.14 bits per heavy atom. The van der Waals surface area contributed by atoms with Crippen LogP contribution in [-0.4, -0.2) is 35.3 Å². The van der Waals surface area contributed by atoms with E-state index in [9.17, 15) is 9.59 Å². The van der Waals surface area contributed by atoms with Crippen molar-refractivity contribution in [2.45, 2.75) is 38.0 Å². The Hall–Kier alpha value is -2.11. The zero-order valence-electron chi connectivity index (χ0n) is 13.2. The molecule has 0 unspecified atom stereocenters. The maximum Gasteiger partial charge on any atom is 0.330 e. The molecule has 1 aromatic heterocycles. The maximum atomic E-state index is 12.3. The third kappa shape index (κ3) is 4.19. The fourth-order valence-electron chi connectivity index (χ4n) is 2.83. The summed E-state index contributed by atoms with van der Waals surface area (Å²) in [6, 6.07) is 0. The Balaban J connectivity index is 2.00. The fraction of sp³-hybridized carbons (Fsp3) is 0.562. The summed E-state index contributed by atoms with van der Waals surface area (Å²) >= 11 is 0. The second kappa shape index (κ2) is 7.77. The van der Waals surface area contributed by atoms with Gasteiger partial charge in [-0.15, -0.1) is 0 Å². The van der Waals surface area contributed by atoms with E-state index >= 15 is 0 Å². The number of nitrogens with one attached hydrogen (secondary N) is 1. The molecule has 1 saturated carbocycles. The van der Waals surface area contributed by atoms with Gasteiger partial charge in [-0.1, -0.05) is 25.3 Å². The molecule has 6 nitrogen and oxygen atoms in total. The number of aryl methyl sites for hydroxylation is 1. The average molecular weight is 305 g/mol. The van der Waals surface area contributed by atoms with Gasteiger partial charge in [-0.2, -0.15) is 5.10 Å². The quantitative estimate of drug-likeness (QED) is 0.666. The van der Waals surface area contributed by atoms with Gasteiger partial charge in [-0.25, -0.2) is 4.79 Å². The van der Waals surface area contributed by atoms with Crippen LogP contribution in [0.25, 0.3) is 0 Å². The van der Waals surface area contributed by atoms with Crippen molar-refractivity contribution in [2.24, 2.45) is 7.05 Å². The molecule has 6 heteroatoms. The zero-order chi connectivity index (χ0) is 15.9. The number of aromatic nitrogens is 2. The summed E-state index contributed by atoms with van der Waals surface area (Å²) in [6.07, 6.45) is 10.5. The van der Waals surface area contributed by atoms with E-state index in [1.807, 2.05) is 7.05 Å². The maximum absolute atomic E-state index is 12.3. The van der Waals surface area contributed by atoms with Crippen LogP contribution in [0.2, 0.25) is 0 Å². The van der Waals surface area contributed by atoms with Crippen molar-refractivity contribution in [3.8, 4) is 0 Å². The van der Waals surface area contributed by atoms with Gasteiger partial charge in [0.15, 0.2) is 0 Å². The number of methoxy groups -OCH3 is 1. The van der Waals surface area contributed by atoms with Gasteiger partial charge in [-0.05, 0) is 12.8 Å². The summed E-state index contributed by atoms with van der Waals surface area (Å²) in [5, 5.41) is 7.27. The Morgan fingerprint density at radius 3 is 2.82 bits per heavy atom. The lowest BCUT2D eigenvalue weighted by Gasteiger charge is -2.20. The second-order valence-corrected chi connectivity index (χ2v) is 5.57. The molecule has 1 aliphatic carbocycles. The molecule has 1 aliphatic rings. The normalized spacial score (nSPS) is 15.9. The topological polar surface area (TPSA) is 73.2 Å². The van der Waals surface area contributed by atoms with Crippen molar-refractivity contribution in [3.63, 3.8) is 0 Å². The van der Waals surface area contributed by atoms with Crippen LogP contribution in [0.5, 0.6) is 0 Å². The molecule has 120 valence electrons. The standard InChI is InChI=1S/C16H23N3O3/c1-19-11-13(15(18-19)12-7-4-3-5-8-12)16(21)17-10-6-9-14(20)22-2/h6,9,11-12H,3-5,7-8,10H2,1-2H3,(H,17,21)/b9-6+. The lowest BCUT2D eigenvalue weighted by atomic mass is 9.85. The molecule has 22 heavy (non-hydrogen) atoms. The molecule has 1 amide bonds. The molecule has 0 aromatic carbocycles. The number of esters is 1. The number of carbonyl (C=O) groups is 2. The van der Waals surface area contributed by atoms with Gasteiger partial charge in [0.25, 0.3) is 5.91 Å². The Labute approximate surface area is 130 Å². The van der Waals surface area contributed by atoms with E-state index in [0.29, 0.717) is 11.5 Å². The summed E-state index contributed by atoms with van der Waals surface area (Å²) in [4.78, 5) is 23.3. The third-order valence-corrected chi connectivity index (χ3v) is 3.93. The van der Waals surface area contributed by atoms with Crippen LogP contribution in [0.15, 0.2) is 18.3 Å². The largest absolute Gasteiger partial charge is 0.466 e. The number of hydrogen-bond donors (Lipinski definition) is 1. The summed E-state index contributed by atoms with van der Waals surface area (Å²) in [6.45, 7) is 0.285. The van der Waals surface area contributed by atoms with E-state index in [1.165, 1.54) is 32.4 Å². The number of rotatable bonds is 5. The van der Waals surface area contributed by atoms with Crippen molar-refractivity contribution >= 4 is 11.9 Å². The van der Waals surface area contributed by atoms with E-state index in [0.717, 1.165) is 18.5 Å². The monoisotopic (exact) mass is 305 g/mol. The molecule has 1 aromatic rings. The van der Waals surface area contributed by atoms with Crippen LogP contribution in [0.3, 0.4) is 0 Å². The number of carbonyl (C=O) groups excluding carboxylic acids is 2. The highest BCUT2D eigenvalue weighted by Gasteiger charge is 2.24. The van der Waals surface area contributed by atoms with Gasteiger partial charge in [0.1, 0.15) is 0 Å². The Kier molecular flexibility index (Phi) is 5.75. The van der Waals surface area contributed by atoms with Crippen molar-refractivity contribution in [3.05, 3.63) is 29.6 Å². The van der Waals surface area contributed by atoms with Crippen LogP contribution in [-0.2, 0) is 16.6 Å². The van der Waals surface area contributed by atoms with E-state index in [-0.39, 0.29) is 12.5 Å². The first-order chi connectivity index (χ1) is 10.6. The van der Waals surface area contributed by atoms with Gasteiger partial charge >= 0.3 is 5.97 Å². The predicted molar refractivity (Wildman–Crippen MR) is 82.5 cm³/mol. The smallest absolute Gasteiger partial charge is 0.330 e. The molecule has 0 spiro atoms. The van der Waals surface area contributed by atoms with Gasteiger partial charge in [0, 0.05) is 31.8 Å². The molecule has 1 heterocycles. The van der Waals surface area contributed by atoms with Crippen molar-refractivity contribution in [2.75, 3.05) is 13.7 Å². The van der Waals surface area contributed by atoms with Gasteiger partial charge in [0.05, 0.1) is 18.4 Å². The zero-order valence-corrected chi connectivity index (χ0v) is 13.2. The van der Waals surface area contributed by atoms with Gasteiger partial charge in [-0.3, -0.25) is 9.48 Å². The van der Waals surface area contributed by atoms with E-state index in [1.54, 1.807) is 17.0 Å². The molecule has 1 fully saturated rings. The molecule has 0 saturated heterocycles. The molecule has 0 radical (unpaired) electrons. The molecule has 1 N–H and O–H groups in total. The van der Waals surface area contributed by atoms with Crippen LogP contribution in [0, 0.1) is 0 Å². The van der Waals surface area contributed by atoms with Gasteiger partial charge in [0.2, 0.25) is 0 Å². The first-order valence-electron chi connectivity index (χ1n) is 7.68. The van der Waals surface area contributed by atoms with E-state index in [4.69, 9.17) is 0 Å². The van der Waals surface area contributed by atoms with Crippen molar-refractivity contribution in [1.29, 1.82) is 0 Å². The first-order valence-corrected chi connectivity index (χ1v) is 7.68. The predicted octanol–water partition coefficient (Wildman–Crippen LogP) is 1.93. The molecule has 0 aliphatic heterocycles. The second-order valence-electron chi connectivity index (χ2n) is 5.57. The van der Waals surface area contributed by atoms with Gasteiger partial charge < -0.3 is 10.1 Å². The first kappa shape index (κ1) is 16.3. The van der Waals surface area contributed by atoms with E-state index in [2.05, 4.69) is 15.2 Å². The molecule has 0 bridgehead atoms. The van der Waals surface area contributed by atoms with Crippen LogP contribution in [0.1, 0.15) is 54.1 Å². The Bertz CT molecular complexity index is 557. The SMILES string of the molecule is COC(=O)/C=C/CNC(=O)c1cn(C)nc1C1CCCCC1. The molecular weight excluding hydrogens is 282 g/mol. The average Bonchev–Trinajstić information content (AvgIpc) is 2.94. The van der Waals surface area contributed by atoms with Crippen molar-refractivity contribution in [1.82, 2.24) is 15.1 Å². The number of ether oxygens (including phenoxy) is 1. The Morgan fingerprint density at radius 1 is 1.41 bits per heavy atom. The minimum absolute atomic E-state index is 0.150. The molecule has 2 rings (SSSR count). The summed E-state index contributed by atoms with van der Waals surface area (Å²) < 4.78 is 6.19. The minimum Gasteiger partial charge on any atom is -0.466 e. The third-order valence-electron chi connectivity index (χ3n) is 3.93. The summed E-state index contributed by atoms with van der Waals surface area (Å²) in [5.74, 6) is -0.206. The number of amides is 1. The fourth-order valence-corrected chi connectivity index (χ4v) is 2.83. The minimum atomic E-state index is -0.432. The summed E-state index contributed by atoms with van der Waals surface area (Å²) in [7, 11) is 3.15. The number of nitrogens with zero attached hydrogens (tertiary/aromatic N) is 2. The van der Waals surface area contributed by atoms with E-state index < -0.39 is 5.97 Å². The summed E-state index contributed by atoms with van der Waals surface area (Å²) in [5.41, 5.74) is 1.54. The van der Waals surface area contributed by atoms with Crippen LogP contribution >= 0.6 is 0 Å². The highest BCUT2D eigenvalue weighted by Crippen LogP contribution is 2.33. The molecule has 0 atom stereocenters. The highest BCUT2D eigenvalue weighted by molar-refractivity contribution is 5.95. The van der Waals surface area contributed by atoms with Crippen LogP contribution < -0.4 is 5.32 Å². The highest BCUT2D eigenvalue weighted by atomic mass is 16.5.